The molecule has 0 saturated heterocycles. The lowest BCUT2D eigenvalue weighted by atomic mass is 10.00. The Balaban J connectivity index is 1.98. The minimum Gasteiger partial charge on any atom is -0.481 e. The van der Waals surface area contributed by atoms with Crippen molar-refractivity contribution in [1.29, 1.82) is 0 Å². The number of rotatable bonds is 8. The largest absolute Gasteiger partial charge is 0.481 e. The van der Waals surface area contributed by atoms with Crippen LogP contribution in [0.3, 0.4) is 0 Å². The van der Waals surface area contributed by atoms with Crippen molar-refractivity contribution in [1.82, 2.24) is 19.5 Å². The molecule has 2 aliphatic heterocycles. The first-order valence-corrected chi connectivity index (χ1v) is 14.4. The molecule has 0 fully saturated rings. The van der Waals surface area contributed by atoms with Crippen molar-refractivity contribution in [3.63, 3.8) is 0 Å². The van der Waals surface area contributed by atoms with E-state index in [0.29, 0.717) is 18.5 Å². The number of H-pyrrole nitrogens is 1. The summed E-state index contributed by atoms with van der Waals surface area (Å²) in [6.45, 7) is 16.2. The molecule has 0 unspecified atom stereocenters. The summed E-state index contributed by atoms with van der Waals surface area (Å²) in [5, 5.41) is 28.9. The third-order valence-electron chi connectivity index (χ3n) is 8.69. The van der Waals surface area contributed by atoms with E-state index in [4.69, 9.17) is 9.97 Å². The molecule has 0 saturated carbocycles. The monoisotopic (exact) mass is 578 g/mol. The quantitative estimate of drug-likeness (QED) is 0.220. The number of carboxylic acid groups (broad SMARTS) is 1. The second kappa shape index (κ2) is 11.6. The number of carboxylic acids is 1. The van der Waals surface area contributed by atoms with Crippen molar-refractivity contribution >= 4 is 56.4 Å². The van der Waals surface area contributed by atoms with Gasteiger partial charge in [-0.25, -0.2) is 9.97 Å². The number of nitrogens with one attached hydrogen (secondary N) is 1. The Labute approximate surface area is 251 Å². The first-order valence-electron chi connectivity index (χ1n) is 14.4. The molecule has 4 N–H and O–H groups in total. The van der Waals surface area contributed by atoms with Crippen LogP contribution < -0.4 is 0 Å². The highest BCUT2D eigenvalue weighted by Gasteiger charge is 2.21. The van der Waals surface area contributed by atoms with Gasteiger partial charge in [-0.05, 0) is 98.2 Å². The maximum atomic E-state index is 11.6. The van der Waals surface area contributed by atoms with Crippen LogP contribution in [0.5, 0.6) is 0 Å². The van der Waals surface area contributed by atoms with E-state index in [1.807, 2.05) is 65.1 Å². The van der Waals surface area contributed by atoms with Gasteiger partial charge in [0.1, 0.15) is 0 Å². The van der Waals surface area contributed by atoms with E-state index < -0.39 is 12.3 Å². The molecule has 3 aromatic rings. The molecular formula is C35H38N4O4. The van der Waals surface area contributed by atoms with Gasteiger partial charge in [0.15, 0.2) is 6.29 Å². The fourth-order valence-electron chi connectivity index (χ4n) is 6.16. The van der Waals surface area contributed by atoms with Crippen molar-refractivity contribution in [3.05, 3.63) is 88.5 Å². The van der Waals surface area contributed by atoms with Crippen molar-refractivity contribution < 1.29 is 20.1 Å². The van der Waals surface area contributed by atoms with Crippen LogP contribution in [-0.4, -0.2) is 47.1 Å². The van der Waals surface area contributed by atoms with Gasteiger partial charge in [-0.2, -0.15) is 0 Å². The maximum absolute atomic E-state index is 11.6. The van der Waals surface area contributed by atoms with E-state index in [0.717, 1.165) is 83.7 Å². The Hall–Kier alpha value is -4.53. The average Bonchev–Trinajstić information content (AvgIpc) is 3.59. The zero-order valence-electron chi connectivity index (χ0n) is 25.4. The van der Waals surface area contributed by atoms with Crippen LogP contribution in [0.25, 0.3) is 50.4 Å². The van der Waals surface area contributed by atoms with E-state index in [1.54, 1.807) is 0 Å². The number of allylic oxidation sites excluding steroid dienone is 5. The molecule has 0 aliphatic carbocycles. The summed E-state index contributed by atoms with van der Waals surface area (Å²) in [5.74, 6) is -0.871. The number of hydrogen-bond acceptors (Lipinski definition) is 5. The second-order valence-electron chi connectivity index (χ2n) is 11.2. The normalized spacial score (nSPS) is 13.3. The van der Waals surface area contributed by atoms with Gasteiger partial charge in [0.05, 0.1) is 22.8 Å². The summed E-state index contributed by atoms with van der Waals surface area (Å²) in [7, 11) is 1.98. The fourth-order valence-corrected chi connectivity index (χ4v) is 6.16. The van der Waals surface area contributed by atoms with Gasteiger partial charge in [0.25, 0.3) is 0 Å². The zero-order valence-corrected chi connectivity index (χ0v) is 25.4. The molecule has 8 nitrogen and oxygen atoms in total. The third-order valence-corrected chi connectivity index (χ3v) is 8.69. The van der Waals surface area contributed by atoms with E-state index >= 15 is 0 Å². The lowest BCUT2D eigenvalue weighted by molar-refractivity contribution is -0.136. The highest BCUT2D eigenvalue weighted by atomic mass is 16.5. The van der Waals surface area contributed by atoms with Gasteiger partial charge >= 0.3 is 5.97 Å². The molecular weight excluding hydrogens is 540 g/mol. The Morgan fingerprint density at radius 1 is 0.884 bits per heavy atom. The van der Waals surface area contributed by atoms with Gasteiger partial charge in [-0.1, -0.05) is 25.3 Å². The number of aliphatic carboxylic acids is 1. The molecule has 222 valence electrons. The van der Waals surface area contributed by atoms with Crippen LogP contribution in [0, 0.1) is 13.8 Å². The lowest BCUT2D eigenvalue weighted by Gasteiger charge is -2.06. The van der Waals surface area contributed by atoms with E-state index in [2.05, 4.69) is 28.8 Å². The van der Waals surface area contributed by atoms with Crippen LogP contribution >= 0.6 is 0 Å². The van der Waals surface area contributed by atoms with Crippen LogP contribution in [0.1, 0.15) is 78.1 Å². The van der Waals surface area contributed by atoms with E-state index in [1.165, 1.54) is 0 Å². The first kappa shape index (κ1) is 29.9. The average molecular weight is 579 g/mol. The van der Waals surface area contributed by atoms with Crippen molar-refractivity contribution in [2.24, 2.45) is 7.05 Å². The standard InChI is InChI=1S/C35H38N4O4/c1-8-22-18(3)26-14-30-23(9-2)19(4)28(38-30)16-32-21(6)25(11-13-35(42)43)33(39(32)7)17-31-24(10-12-34(40)41)20(5)27(37-31)15-29(22)36-26/h8-9,14-17,35-36,42-43H,1-2,10-13H2,3-7H3,(H,40,41). The SMILES string of the molecule is C=CC1=C(C)c2cc3c(C)c(CCC(O)O)c(cc4nc(cc5[nH]c(cc1n2)c(C)c5C=C)C(C)=C4CCC(=O)O)n3C. The number of aromatic amines is 1. The molecule has 0 radical (unpaired) electrons. The second-order valence-corrected chi connectivity index (χ2v) is 11.2. The third kappa shape index (κ3) is 5.40. The Morgan fingerprint density at radius 3 is 2.19 bits per heavy atom. The zero-order chi connectivity index (χ0) is 31.2. The fraction of sp³-hybridized carbons (Fsp3) is 0.286. The lowest BCUT2D eigenvalue weighted by Crippen LogP contribution is -2.05. The molecule has 0 atom stereocenters. The molecule has 43 heavy (non-hydrogen) atoms. The molecule has 0 aromatic carbocycles. The summed E-state index contributed by atoms with van der Waals surface area (Å²) < 4.78 is 2.08. The van der Waals surface area contributed by atoms with Gasteiger partial charge in [0, 0.05) is 53.1 Å². The summed E-state index contributed by atoms with van der Waals surface area (Å²) in [5.41, 5.74) is 14.4. The number of aliphatic hydroxyl groups excluding tert-OH is 1. The van der Waals surface area contributed by atoms with Crippen molar-refractivity contribution in [3.8, 4) is 0 Å². The minimum atomic E-state index is -1.44. The van der Waals surface area contributed by atoms with Gasteiger partial charge in [-0.3, -0.25) is 4.79 Å². The van der Waals surface area contributed by atoms with Gasteiger partial charge in [-0.15, -0.1) is 0 Å². The number of fused-ring (bicyclic) bond motifs is 8. The van der Waals surface area contributed by atoms with Crippen LogP contribution in [0.2, 0.25) is 0 Å². The number of carbonyl (C=O) groups is 1. The predicted molar refractivity (Wildman–Crippen MR) is 174 cm³/mol. The number of hydrogen-bond donors (Lipinski definition) is 4. The Kier molecular flexibility index (Phi) is 8.10. The Morgan fingerprint density at radius 2 is 1.53 bits per heavy atom. The number of aromatic nitrogens is 4. The summed E-state index contributed by atoms with van der Waals surface area (Å²) in [6, 6.07) is 8.09. The van der Waals surface area contributed by atoms with Gasteiger partial charge in [0.2, 0.25) is 0 Å². The van der Waals surface area contributed by atoms with Crippen LogP contribution in [0.4, 0.5) is 0 Å². The molecule has 3 aromatic heterocycles. The molecule has 2 aliphatic rings. The summed E-state index contributed by atoms with van der Waals surface area (Å²) >= 11 is 0. The van der Waals surface area contributed by atoms with Crippen LogP contribution in [-0.2, 0) is 18.3 Å². The minimum absolute atomic E-state index is 0.0180. The van der Waals surface area contributed by atoms with E-state index in [-0.39, 0.29) is 12.8 Å². The van der Waals surface area contributed by atoms with Crippen molar-refractivity contribution in [2.75, 3.05) is 0 Å². The summed E-state index contributed by atoms with van der Waals surface area (Å²) in [4.78, 5) is 25.2. The first-order chi connectivity index (χ1) is 20.4. The molecule has 5 heterocycles. The number of nitrogens with zero attached hydrogens (tertiary/aromatic N) is 3. The predicted octanol–water partition coefficient (Wildman–Crippen LogP) is 6.74. The van der Waals surface area contributed by atoms with Crippen LogP contribution in [0.15, 0.2) is 43.5 Å². The molecule has 8 heteroatoms. The summed E-state index contributed by atoms with van der Waals surface area (Å²) in [6.07, 6.45) is 3.16. The van der Waals surface area contributed by atoms with Crippen molar-refractivity contribution in [2.45, 2.75) is 59.7 Å². The van der Waals surface area contributed by atoms with Gasteiger partial charge < -0.3 is 24.9 Å². The molecule has 5 rings (SSSR count). The molecule has 0 spiro atoms. The number of aryl methyl sites for hydroxylation is 4. The topological polar surface area (TPSA) is 124 Å². The maximum Gasteiger partial charge on any atom is 0.303 e. The Bertz CT molecular complexity index is 1920. The highest BCUT2D eigenvalue weighted by molar-refractivity contribution is 5.98. The molecule has 0 amide bonds. The molecule has 8 bridgehead atoms. The smallest absolute Gasteiger partial charge is 0.303 e. The number of aliphatic hydroxyl groups is 2. The highest BCUT2D eigenvalue weighted by Crippen LogP contribution is 2.37. The van der Waals surface area contributed by atoms with E-state index in [9.17, 15) is 20.1 Å².